The van der Waals surface area contributed by atoms with Gasteiger partial charge in [-0.15, -0.1) is 11.6 Å². The Morgan fingerprint density at radius 3 is 2.21 bits per heavy atom. The molecular formula is C10H19ClO2S. The summed E-state index contributed by atoms with van der Waals surface area (Å²) < 4.78 is 22.8. The van der Waals surface area contributed by atoms with Gasteiger partial charge in [0.2, 0.25) is 0 Å². The van der Waals surface area contributed by atoms with Gasteiger partial charge in [0.25, 0.3) is 0 Å². The fourth-order valence-electron chi connectivity index (χ4n) is 2.40. The van der Waals surface area contributed by atoms with E-state index in [-0.39, 0.29) is 11.3 Å². The zero-order valence-corrected chi connectivity index (χ0v) is 10.5. The molecule has 1 aliphatic heterocycles. The van der Waals surface area contributed by atoms with Gasteiger partial charge in [0, 0.05) is 5.88 Å². The summed E-state index contributed by atoms with van der Waals surface area (Å²) in [6, 6.07) is 0. The molecule has 84 valence electrons. The molecule has 1 heterocycles. The van der Waals surface area contributed by atoms with E-state index < -0.39 is 9.84 Å². The SMILES string of the molecule is CCC(CC)(CCl)C1CCS(=O)(=O)C1. The van der Waals surface area contributed by atoms with E-state index in [0.717, 1.165) is 19.3 Å². The predicted molar refractivity (Wildman–Crippen MR) is 60.5 cm³/mol. The monoisotopic (exact) mass is 238 g/mol. The van der Waals surface area contributed by atoms with Crippen molar-refractivity contribution in [3.05, 3.63) is 0 Å². The second-order valence-corrected chi connectivity index (χ2v) is 6.80. The molecule has 1 saturated heterocycles. The Hall–Kier alpha value is 0.240. The van der Waals surface area contributed by atoms with E-state index >= 15 is 0 Å². The highest BCUT2D eigenvalue weighted by Crippen LogP contribution is 2.42. The maximum atomic E-state index is 11.4. The van der Waals surface area contributed by atoms with Crippen LogP contribution < -0.4 is 0 Å². The third kappa shape index (κ3) is 2.25. The van der Waals surface area contributed by atoms with Crippen LogP contribution in [0, 0.1) is 11.3 Å². The lowest BCUT2D eigenvalue weighted by Gasteiger charge is -2.35. The predicted octanol–water partition coefficient (Wildman–Crippen LogP) is 2.47. The number of rotatable bonds is 4. The highest BCUT2D eigenvalue weighted by atomic mass is 35.5. The van der Waals surface area contributed by atoms with Crippen LogP contribution in [-0.4, -0.2) is 25.8 Å². The number of hydrogen-bond acceptors (Lipinski definition) is 2. The normalized spacial score (nSPS) is 26.6. The Labute approximate surface area is 91.9 Å². The van der Waals surface area contributed by atoms with Crippen LogP contribution in [0.4, 0.5) is 0 Å². The second-order valence-electron chi connectivity index (χ2n) is 4.30. The maximum absolute atomic E-state index is 11.4. The van der Waals surface area contributed by atoms with Gasteiger partial charge in [-0.25, -0.2) is 8.42 Å². The van der Waals surface area contributed by atoms with Crippen LogP contribution in [-0.2, 0) is 9.84 Å². The molecule has 0 bridgehead atoms. The molecule has 0 radical (unpaired) electrons. The molecule has 2 nitrogen and oxygen atoms in total. The highest BCUT2D eigenvalue weighted by molar-refractivity contribution is 7.91. The topological polar surface area (TPSA) is 34.1 Å². The molecule has 0 saturated carbocycles. The molecule has 1 atom stereocenters. The fraction of sp³-hybridized carbons (Fsp3) is 1.00. The van der Waals surface area contributed by atoms with E-state index in [1.165, 1.54) is 0 Å². The molecule has 1 rings (SSSR count). The first-order valence-electron chi connectivity index (χ1n) is 5.26. The molecule has 4 heteroatoms. The van der Waals surface area contributed by atoms with Gasteiger partial charge in [-0.3, -0.25) is 0 Å². The van der Waals surface area contributed by atoms with Crippen molar-refractivity contribution < 1.29 is 8.42 Å². The van der Waals surface area contributed by atoms with Crippen LogP contribution in [0.1, 0.15) is 33.1 Å². The van der Waals surface area contributed by atoms with Crippen LogP contribution in [0.5, 0.6) is 0 Å². The second kappa shape index (κ2) is 4.40. The first-order chi connectivity index (χ1) is 6.49. The molecule has 0 spiro atoms. The van der Waals surface area contributed by atoms with Crippen molar-refractivity contribution in [2.24, 2.45) is 11.3 Å². The van der Waals surface area contributed by atoms with Crippen molar-refractivity contribution in [2.75, 3.05) is 17.4 Å². The van der Waals surface area contributed by atoms with Crippen molar-refractivity contribution in [2.45, 2.75) is 33.1 Å². The van der Waals surface area contributed by atoms with Gasteiger partial charge in [-0.2, -0.15) is 0 Å². The minimum atomic E-state index is -2.77. The Kier molecular flexibility index (Phi) is 3.87. The largest absolute Gasteiger partial charge is 0.229 e. The molecule has 0 aromatic rings. The van der Waals surface area contributed by atoms with E-state index in [2.05, 4.69) is 13.8 Å². The Bertz CT molecular complexity index is 272. The van der Waals surface area contributed by atoms with Crippen LogP contribution >= 0.6 is 11.6 Å². The van der Waals surface area contributed by atoms with Crippen LogP contribution in [0.2, 0.25) is 0 Å². The lowest BCUT2D eigenvalue weighted by Crippen LogP contribution is -2.32. The van der Waals surface area contributed by atoms with Crippen molar-refractivity contribution in [1.29, 1.82) is 0 Å². The van der Waals surface area contributed by atoms with E-state index in [1.54, 1.807) is 0 Å². The average Bonchev–Trinajstić information content (AvgIpc) is 2.51. The average molecular weight is 239 g/mol. The van der Waals surface area contributed by atoms with Crippen molar-refractivity contribution in [1.82, 2.24) is 0 Å². The summed E-state index contributed by atoms with van der Waals surface area (Å²) in [4.78, 5) is 0. The lowest BCUT2D eigenvalue weighted by atomic mass is 9.72. The van der Waals surface area contributed by atoms with Crippen LogP contribution in [0.25, 0.3) is 0 Å². The Balaban J connectivity index is 2.82. The first kappa shape index (κ1) is 12.3. The first-order valence-corrected chi connectivity index (χ1v) is 7.61. The number of alkyl halides is 1. The molecule has 0 aliphatic carbocycles. The third-order valence-corrected chi connectivity index (χ3v) is 6.07. The number of halogens is 1. The van der Waals surface area contributed by atoms with E-state index in [0.29, 0.717) is 17.4 Å². The molecule has 0 N–H and O–H groups in total. The van der Waals surface area contributed by atoms with Crippen molar-refractivity contribution >= 4 is 21.4 Å². The highest BCUT2D eigenvalue weighted by Gasteiger charge is 2.41. The standard InChI is InChI=1S/C10H19ClO2S/c1-3-10(4-2,8-11)9-5-6-14(12,13)7-9/h9H,3-8H2,1-2H3. The molecule has 1 aliphatic rings. The quantitative estimate of drug-likeness (QED) is 0.706. The third-order valence-electron chi connectivity index (χ3n) is 3.77. The molecule has 0 aromatic heterocycles. The maximum Gasteiger partial charge on any atom is 0.150 e. The van der Waals surface area contributed by atoms with Gasteiger partial charge in [0.05, 0.1) is 11.5 Å². The van der Waals surface area contributed by atoms with E-state index in [4.69, 9.17) is 11.6 Å². The molecule has 1 unspecified atom stereocenters. The number of sulfone groups is 1. The molecule has 0 amide bonds. The van der Waals surface area contributed by atoms with Gasteiger partial charge in [0.1, 0.15) is 0 Å². The summed E-state index contributed by atoms with van der Waals surface area (Å²) >= 11 is 6.00. The van der Waals surface area contributed by atoms with Crippen LogP contribution in [0.3, 0.4) is 0 Å². The minimum absolute atomic E-state index is 0.0468. The van der Waals surface area contributed by atoms with Gasteiger partial charge in [-0.05, 0) is 30.6 Å². The van der Waals surface area contributed by atoms with Gasteiger partial charge >= 0.3 is 0 Å². The molecule has 1 fully saturated rings. The number of hydrogen-bond donors (Lipinski definition) is 0. The summed E-state index contributed by atoms with van der Waals surface area (Å²) in [5, 5.41) is 0. The zero-order valence-electron chi connectivity index (χ0n) is 8.92. The van der Waals surface area contributed by atoms with Gasteiger partial charge < -0.3 is 0 Å². The molecular weight excluding hydrogens is 220 g/mol. The Morgan fingerprint density at radius 1 is 1.36 bits per heavy atom. The fourth-order valence-corrected chi connectivity index (χ4v) is 4.94. The lowest BCUT2D eigenvalue weighted by molar-refractivity contribution is 0.193. The smallest absolute Gasteiger partial charge is 0.150 e. The molecule has 14 heavy (non-hydrogen) atoms. The van der Waals surface area contributed by atoms with Gasteiger partial charge in [-0.1, -0.05) is 13.8 Å². The zero-order chi connectivity index (χ0) is 10.8. The summed E-state index contributed by atoms with van der Waals surface area (Å²) in [5.41, 5.74) is 0.0468. The van der Waals surface area contributed by atoms with Crippen molar-refractivity contribution in [3.63, 3.8) is 0 Å². The van der Waals surface area contributed by atoms with E-state index in [9.17, 15) is 8.42 Å². The summed E-state index contributed by atoms with van der Waals surface area (Å²) in [7, 11) is -2.77. The van der Waals surface area contributed by atoms with Crippen molar-refractivity contribution in [3.8, 4) is 0 Å². The summed E-state index contributed by atoms with van der Waals surface area (Å²) in [5.74, 6) is 1.57. The minimum Gasteiger partial charge on any atom is -0.229 e. The summed E-state index contributed by atoms with van der Waals surface area (Å²) in [6.07, 6.45) is 2.76. The van der Waals surface area contributed by atoms with E-state index in [1.807, 2.05) is 0 Å². The Morgan fingerprint density at radius 2 is 1.93 bits per heavy atom. The van der Waals surface area contributed by atoms with Crippen LogP contribution in [0.15, 0.2) is 0 Å². The summed E-state index contributed by atoms with van der Waals surface area (Å²) in [6.45, 7) is 4.22. The molecule has 0 aromatic carbocycles. The van der Waals surface area contributed by atoms with Gasteiger partial charge in [0.15, 0.2) is 9.84 Å².